The average Bonchev–Trinajstić information content (AvgIpc) is 3.28. The molecule has 3 heterocycles. The molecule has 0 saturated carbocycles. The molecule has 128 valence electrons. The van der Waals surface area contributed by atoms with Crippen molar-refractivity contribution in [2.75, 3.05) is 19.7 Å². The molecular weight excluding hydrogens is 306 g/mol. The SMILES string of the molecule is CCn1cc(O[C@@H]2CN(Cc3ccc4c(c3)CCO4)C[C@H]2O)cn1. The maximum Gasteiger partial charge on any atom is 0.157 e. The van der Waals surface area contributed by atoms with Gasteiger partial charge in [-0.3, -0.25) is 9.58 Å². The quantitative estimate of drug-likeness (QED) is 0.900. The third-order valence-corrected chi connectivity index (χ3v) is 4.69. The Balaban J connectivity index is 1.37. The normalized spacial score (nSPS) is 23.2. The van der Waals surface area contributed by atoms with Gasteiger partial charge in [-0.15, -0.1) is 0 Å². The molecule has 0 spiro atoms. The van der Waals surface area contributed by atoms with Gasteiger partial charge in [0, 0.05) is 32.6 Å². The summed E-state index contributed by atoms with van der Waals surface area (Å²) in [6.07, 6.45) is 3.87. The molecule has 1 N–H and O–H groups in total. The number of ether oxygens (including phenoxy) is 2. The molecule has 2 aliphatic rings. The molecule has 24 heavy (non-hydrogen) atoms. The molecule has 6 nitrogen and oxygen atoms in total. The minimum absolute atomic E-state index is 0.211. The van der Waals surface area contributed by atoms with Gasteiger partial charge in [-0.2, -0.15) is 5.10 Å². The van der Waals surface area contributed by atoms with E-state index in [0.717, 1.165) is 37.6 Å². The Morgan fingerprint density at radius 3 is 3.12 bits per heavy atom. The summed E-state index contributed by atoms with van der Waals surface area (Å²) in [5, 5.41) is 14.5. The van der Waals surface area contributed by atoms with Crippen LogP contribution >= 0.6 is 0 Å². The summed E-state index contributed by atoms with van der Waals surface area (Å²) in [4.78, 5) is 2.23. The molecule has 0 radical (unpaired) electrons. The van der Waals surface area contributed by atoms with Crippen molar-refractivity contribution in [3.63, 3.8) is 0 Å². The van der Waals surface area contributed by atoms with E-state index in [1.807, 2.05) is 17.8 Å². The highest BCUT2D eigenvalue weighted by Gasteiger charge is 2.33. The summed E-state index contributed by atoms with van der Waals surface area (Å²) < 4.78 is 13.3. The molecule has 0 aliphatic carbocycles. The third-order valence-electron chi connectivity index (χ3n) is 4.69. The van der Waals surface area contributed by atoms with Crippen molar-refractivity contribution in [2.24, 2.45) is 0 Å². The summed E-state index contributed by atoms with van der Waals surface area (Å²) in [7, 11) is 0. The number of aliphatic hydroxyl groups is 1. The first-order valence-electron chi connectivity index (χ1n) is 8.55. The lowest BCUT2D eigenvalue weighted by atomic mass is 10.1. The van der Waals surface area contributed by atoms with Crippen molar-refractivity contribution in [2.45, 2.75) is 38.6 Å². The first-order valence-corrected chi connectivity index (χ1v) is 8.55. The Labute approximate surface area is 141 Å². The fourth-order valence-electron chi connectivity index (χ4n) is 3.43. The molecule has 1 aromatic heterocycles. The zero-order chi connectivity index (χ0) is 16.5. The van der Waals surface area contributed by atoms with Gasteiger partial charge in [0.05, 0.1) is 19.0 Å². The van der Waals surface area contributed by atoms with E-state index in [0.29, 0.717) is 13.1 Å². The third kappa shape index (κ3) is 3.12. The van der Waals surface area contributed by atoms with E-state index in [4.69, 9.17) is 9.47 Å². The highest BCUT2D eigenvalue weighted by molar-refractivity contribution is 5.39. The molecule has 2 aliphatic heterocycles. The van der Waals surface area contributed by atoms with Crippen molar-refractivity contribution in [3.05, 3.63) is 41.7 Å². The van der Waals surface area contributed by atoms with Crippen LogP contribution in [0.1, 0.15) is 18.1 Å². The second kappa shape index (κ2) is 6.45. The first-order chi connectivity index (χ1) is 11.7. The lowest BCUT2D eigenvalue weighted by Gasteiger charge is -2.16. The number of hydrogen-bond donors (Lipinski definition) is 1. The van der Waals surface area contributed by atoms with Crippen LogP contribution in [0.2, 0.25) is 0 Å². The second-order valence-electron chi connectivity index (χ2n) is 6.49. The zero-order valence-corrected chi connectivity index (χ0v) is 13.9. The van der Waals surface area contributed by atoms with Crippen molar-refractivity contribution >= 4 is 0 Å². The van der Waals surface area contributed by atoms with Crippen LogP contribution in [0.15, 0.2) is 30.6 Å². The number of rotatable bonds is 5. The molecule has 0 amide bonds. The van der Waals surface area contributed by atoms with Crippen LogP contribution in [0.25, 0.3) is 0 Å². The van der Waals surface area contributed by atoms with Gasteiger partial charge in [-0.1, -0.05) is 12.1 Å². The molecule has 1 saturated heterocycles. The Bertz CT molecular complexity index is 715. The number of aryl methyl sites for hydroxylation is 1. The molecular formula is C18H23N3O3. The van der Waals surface area contributed by atoms with Gasteiger partial charge in [-0.25, -0.2) is 0 Å². The Hall–Kier alpha value is -2.05. The minimum Gasteiger partial charge on any atom is -0.493 e. The number of hydrogen-bond acceptors (Lipinski definition) is 5. The van der Waals surface area contributed by atoms with Crippen LogP contribution < -0.4 is 9.47 Å². The van der Waals surface area contributed by atoms with Crippen LogP contribution in [0.3, 0.4) is 0 Å². The summed E-state index contributed by atoms with van der Waals surface area (Å²) >= 11 is 0. The molecule has 6 heteroatoms. The van der Waals surface area contributed by atoms with Crippen LogP contribution in [-0.4, -0.2) is 51.7 Å². The molecule has 1 fully saturated rings. The van der Waals surface area contributed by atoms with E-state index in [2.05, 4.69) is 28.2 Å². The summed E-state index contributed by atoms with van der Waals surface area (Å²) in [5.41, 5.74) is 2.54. The second-order valence-corrected chi connectivity index (χ2v) is 6.49. The van der Waals surface area contributed by atoms with Gasteiger partial charge in [0.1, 0.15) is 18.0 Å². The number of β-amino-alcohol motifs (C(OH)–C–C–N with tert-alkyl or cyclic N) is 1. The van der Waals surface area contributed by atoms with Gasteiger partial charge in [-0.05, 0) is 24.1 Å². The van der Waals surface area contributed by atoms with E-state index < -0.39 is 6.10 Å². The fourth-order valence-corrected chi connectivity index (χ4v) is 3.43. The standard InChI is InChI=1S/C18H23N3O3/c1-2-21-10-15(8-19-21)24-18-12-20(11-16(18)22)9-13-3-4-17-14(7-13)5-6-23-17/h3-4,7-8,10,16,18,22H,2,5-6,9,11-12H2,1H3/t16-,18-/m1/s1. The van der Waals surface area contributed by atoms with Crippen molar-refractivity contribution in [1.29, 1.82) is 0 Å². The highest BCUT2D eigenvalue weighted by Crippen LogP contribution is 2.27. The Kier molecular flexibility index (Phi) is 4.16. The van der Waals surface area contributed by atoms with Gasteiger partial charge in [0.25, 0.3) is 0 Å². The van der Waals surface area contributed by atoms with Gasteiger partial charge >= 0.3 is 0 Å². The fraction of sp³-hybridized carbons (Fsp3) is 0.500. The highest BCUT2D eigenvalue weighted by atomic mass is 16.5. The van der Waals surface area contributed by atoms with Crippen molar-refractivity contribution < 1.29 is 14.6 Å². The summed E-state index contributed by atoms with van der Waals surface area (Å²) in [6, 6.07) is 6.38. The average molecular weight is 329 g/mol. The molecule has 2 atom stereocenters. The maximum atomic E-state index is 10.3. The number of likely N-dealkylation sites (tertiary alicyclic amines) is 1. The van der Waals surface area contributed by atoms with E-state index in [-0.39, 0.29) is 6.10 Å². The molecule has 0 bridgehead atoms. The smallest absolute Gasteiger partial charge is 0.157 e. The maximum absolute atomic E-state index is 10.3. The number of aromatic nitrogens is 2. The van der Waals surface area contributed by atoms with E-state index in [1.165, 1.54) is 11.1 Å². The molecule has 2 aromatic rings. The number of aliphatic hydroxyl groups excluding tert-OH is 1. The molecule has 0 unspecified atom stereocenters. The predicted molar refractivity (Wildman–Crippen MR) is 89.2 cm³/mol. The van der Waals surface area contributed by atoms with Gasteiger partial charge < -0.3 is 14.6 Å². The lowest BCUT2D eigenvalue weighted by Crippen LogP contribution is -2.29. The number of benzene rings is 1. The van der Waals surface area contributed by atoms with E-state index in [9.17, 15) is 5.11 Å². The van der Waals surface area contributed by atoms with Crippen molar-refractivity contribution in [1.82, 2.24) is 14.7 Å². The van der Waals surface area contributed by atoms with Crippen LogP contribution in [-0.2, 0) is 19.5 Å². The zero-order valence-electron chi connectivity index (χ0n) is 13.9. The largest absolute Gasteiger partial charge is 0.493 e. The molecule has 1 aromatic carbocycles. The summed E-state index contributed by atoms with van der Waals surface area (Å²) in [5.74, 6) is 1.73. The predicted octanol–water partition coefficient (Wildman–Crippen LogP) is 1.46. The number of fused-ring (bicyclic) bond motifs is 1. The number of nitrogens with zero attached hydrogens (tertiary/aromatic N) is 3. The Morgan fingerprint density at radius 1 is 1.38 bits per heavy atom. The summed E-state index contributed by atoms with van der Waals surface area (Å²) in [6.45, 7) is 5.78. The monoisotopic (exact) mass is 329 g/mol. The van der Waals surface area contributed by atoms with Crippen molar-refractivity contribution in [3.8, 4) is 11.5 Å². The Morgan fingerprint density at radius 2 is 2.29 bits per heavy atom. The first kappa shape index (κ1) is 15.5. The van der Waals surface area contributed by atoms with E-state index >= 15 is 0 Å². The van der Waals surface area contributed by atoms with Gasteiger partial charge in [0.2, 0.25) is 0 Å². The van der Waals surface area contributed by atoms with Crippen LogP contribution in [0, 0.1) is 0 Å². The topological polar surface area (TPSA) is 59.8 Å². The minimum atomic E-state index is -0.479. The molecule has 4 rings (SSSR count). The van der Waals surface area contributed by atoms with Crippen LogP contribution in [0.4, 0.5) is 0 Å². The lowest BCUT2D eigenvalue weighted by molar-refractivity contribution is 0.0736. The van der Waals surface area contributed by atoms with Crippen LogP contribution in [0.5, 0.6) is 11.5 Å². The van der Waals surface area contributed by atoms with E-state index in [1.54, 1.807) is 6.20 Å². The van der Waals surface area contributed by atoms with Gasteiger partial charge in [0.15, 0.2) is 5.75 Å².